The minimum absolute atomic E-state index is 0. The molecule has 0 aliphatic heterocycles. The quantitative estimate of drug-likeness (QED) is 0.351. The average molecular weight is 498 g/mol. The Labute approximate surface area is 200 Å². The molecule has 3 aliphatic carbocycles. The molecule has 0 amide bonds. The Morgan fingerprint density at radius 1 is 0.839 bits per heavy atom. The summed E-state index contributed by atoms with van der Waals surface area (Å²) in [6.07, 6.45) is 14.6. The zero-order valence-corrected chi connectivity index (χ0v) is 20.8. The van der Waals surface area contributed by atoms with Crippen LogP contribution in [0.15, 0.2) is 52.8 Å². The van der Waals surface area contributed by atoms with Crippen LogP contribution in [0.5, 0.6) is 0 Å². The number of hydrogen-bond donors (Lipinski definition) is 0. The van der Waals surface area contributed by atoms with Gasteiger partial charge in [0, 0.05) is 22.5 Å². The van der Waals surface area contributed by atoms with Crippen LogP contribution in [0.1, 0.15) is 87.9 Å². The van der Waals surface area contributed by atoms with Gasteiger partial charge in [0.05, 0.1) is 6.04 Å². The molecule has 0 atom stereocenters. The largest absolute Gasteiger partial charge is 0.317 e. The predicted octanol–water partition coefficient (Wildman–Crippen LogP) is 7.71. The van der Waals surface area contributed by atoms with E-state index in [2.05, 4.69) is 52.4 Å². The van der Waals surface area contributed by atoms with E-state index in [1.54, 1.807) is 5.69 Å². The zero-order valence-electron chi connectivity index (χ0n) is 18.3. The van der Waals surface area contributed by atoms with E-state index in [0.29, 0.717) is 12.1 Å². The van der Waals surface area contributed by atoms with Gasteiger partial charge in [-0.15, -0.1) is 28.3 Å². The van der Waals surface area contributed by atoms with Crippen LogP contribution in [-0.4, -0.2) is 10.6 Å². The normalized spacial score (nSPS) is 22.0. The lowest BCUT2D eigenvalue weighted by Crippen LogP contribution is -2.40. The fraction of sp³-hybridized carbons (Fsp3) is 0.519. The maximum Gasteiger partial charge on any atom is 0.185 e. The minimum atomic E-state index is 0. The van der Waals surface area contributed by atoms with Gasteiger partial charge in [-0.05, 0) is 54.9 Å². The van der Waals surface area contributed by atoms with E-state index in [0.717, 1.165) is 0 Å². The van der Waals surface area contributed by atoms with Crippen LogP contribution in [0.25, 0.3) is 10.8 Å². The predicted molar refractivity (Wildman–Crippen MR) is 137 cm³/mol. The standard InChI is InChI=1S/C27H32N2S.BrH/c1-2-9-21-18-22(15-14-20(21)8-1)27(16-7-17-27)25-19-30-26(28-23-10-3-4-11-23)29(25)24-12-5-6-13-24;/h1-2,8-9,14-15,18-19,23-24H,3-7,10-13,16-17H2;1H/b28-26+;. The maximum atomic E-state index is 5.32. The van der Waals surface area contributed by atoms with Crippen molar-refractivity contribution >= 4 is 39.1 Å². The number of fused-ring (bicyclic) bond motifs is 1. The number of halogens is 1. The molecule has 3 saturated carbocycles. The minimum Gasteiger partial charge on any atom is -0.317 e. The van der Waals surface area contributed by atoms with Crippen LogP contribution in [-0.2, 0) is 5.41 Å². The van der Waals surface area contributed by atoms with Gasteiger partial charge in [0.2, 0.25) is 0 Å². The zero-order chi connectivity index (χ0) is 20.0. The highest BCUT2D eigenvalue weighted by atomic mass is 79.9. The lowest BCUT2D eigenvalue weighted by atomic mass is 9.62. The van der Waals surface area contributed by atoms with Crippen LogP contribution in [0, 0.1) is 0 Å². The molecule has 3 aliphatic rings. The lowest BCUT2D eigenvalue weighted by Gasteiger charge is -2.44. The van der Waals surface area contributed by atoms with Crippen molar-refractivity contribution in [2.75, 3.05) is 0 Å². The van der Waals surface area contributed by atoms with E-state index in [-0.39, 0.29) is 22.4 Å². The monoisotopic (exact) mass is 496 g/mol. The van der Waals surface area contributed by atoms with Crippen molar-refractivity contribution in [2.24, 2.45) is 4.99 Å². The number of hydrogen-bond acceptors (Lipinski definition) is 2. The Balaban J connectivity index is 0.00000204. The first-order valence-corrected chi connectivity index (χ1v) is 13.0. The summed E-state index contributed by atoms with van der Waals surface area (Å²) in [5.41, 5.74) is 3.27. The third-order valence-electron chi connectivity index (χ3n) is 8.05. The molecule has 0 radical (unpaired) electrons. The van der Waals surface area contributed by atoms with Crippen molar-refractivity contribution in [1.29, 1.82) is 0 Å². The fourth-order valence-corrected chi connectivity index (χ4v) is 7.30. The molecular weight excluding hydrogens is 464 g/mol. The van der Waals surface area contributed by atoms with Gasteiger partial charge in [0.1, 0.15) is 0 Å². The summed E-state index contributed by atoms with van der Waals surface area (Å²) in [7, 11) is 0. The van der Waals surface area contributed by atoms with Crippen molar-refractivity contribution in [3.05, 3.63) is 63.9 Å². The molecule has 2 aromatic carbocycles. The highest BCUT2D eigenvalue weighted by Gasteiger charge is 2.44. The van der Waals surface area contributed by atoms with Crippen LogP contribution < -0.4 is 4.80 Å². The van der Waals surface area contributed by atoms with Gasteiger partial charge in [-0.2, -0.15) is 0 Å². The van der Waals surface area contributed by atoms with Crippen LogP contribution in [0.3, 0.4) is 0 Å². The Morgan fingerprint density at radius 3 is 2.26 bits per heavy atom. The molecule has 3 aromatic rings. The number of rotatable bonds is 4. The second-order valence-electron chi connectivity index (χ2n) is 9.78. The van der Waals surface area contributed by atoms with Gasteiger partial charge in [0.15, 0.2) is 4.80 Å². The first-order chi connectivity index (χ1) is 14.8. The third kappa shape index (κ3) is 3.74. The molecule has 164 valence electrons. The molecule has 4 heteroatoms. The molecule has 3 fully saturated rings. The Bertz CT molecular complexity index is 1110. The number of benzene rings is 2. The molecule has 1 aromatic heterocycles. The molecule has 0 bridgehead atoms. The number of aromatic nitrogens is 1. The summed E-state index contributed by atoms with van der Waals surface area (Å²) in [6.45, 7) is 0. The van der Waals surface area contributed by atoms with Gasteiger partial charge >= 0.3 is 0 Å². The van der Waals surface area contributed by atoms with Gasteiger partial charge in [0.25, 0.3) is 0 Å². The molecule has 0 saturated heterocycles. The molecule has 1 heterocycles. The molecule has 0 N–H and O–H groups in total. The highest BCUT2D eigenvalue weighted by molar-refractivity contribution is 8.93. The average Bonchev–Trinajstić information content (AvgIpc) is 3.50. The summed E-state index contributed by atoms with van der Waals surface area (Å²) < 4.78 is 2.73. The summed E-state index contributed by atoms with van der Waals surface area (Å²) in [5, 5.41) is 5.21. The molecule has 0 unspecified atom stereocenters. The third-order valence-corrected chi connectivity index (χ3v) is 8.90. The summed E-state index contributed by atoms with van der Waals surface area (Å²) >= 11 is 1.92. The number of nitrogens with zero attached hydrogens (tertiary/aromatic N) is 2. The molecular formula is C27H33BrN2S. The van der Waals surface area contributed by atoms with Gasteiger partial charge < -0.3 is 4.57 Å². The van der Waals surface area contributed by atoms with E-state index in [4.69, 9.17) is 4.99 Å². The Morgan fingerprint density at radius 2 is 1.55 bits per heavy atom. The van der Waals surface area contributed by atoms with E-state index in [1.807, 2.05) is 11.3 Å². The fourth-order valence-electron chi connectivity index (χ4n) is 6.18. The summed E-state index contributed by atoms with van der Waals surface area (Å²) in [4.78, 5) is 6.64. The summed E-state index contributed by atoms with van der Waals surface area (Å²) in [6, 6.07) is 17.2. The Hall–Kier alpha value is -1.39. The molecule has 31 heavy (non-hydrogen) atoms. The molecule has 2 nitrogen and oxygen atoms in total. The van der Waals surface area contributed by atoms with Crippen LogP contribution >= 0.6 is 28.3 Å². The maximum absolute atomic E-state index is 5.32. The van der Waals surface area contributed by atoms with Gasteiger partial charge in [-0.3, -0.25) is 4.99 Å². The second-order valence-corrected chi connectivity index (χ2v) is 10.6. The van der Waals surface area contributed by atoms with Crippen molar-refractivity contribution in [2.45, 2.75) is 88.1 Å². The van der Waals surface area contributed by atoms with E-state index in [9.17, 15) is 0 Å². The smallest absolute Gasteiger partial charge is 0.185 e. The first kappa shape index (κ1) is 21.5. The van der Waals surface area contributed by atoms with Crippen LogP contribution in [0.2, 0.25) is 0 Å². The highest BCUT2D eigenvalue weighted by Crippen LogP contribution is 2.50. The van der Waals surface area contributed by atoms with Crippen molar-refractivity contribution in [3.63, 3.8) is 0 Å². The first-order valence-electron chi connectivity index (χ1n) is 12.1. The van der Waals surface area contributed by atoms with Crippen molar-refractivity contribution < 1.29 is 0 Å². The van der Waals surface area contributed by atoms with Gasteiger partial charge in [-0.25, -0.2) is 0 Å². The molecule has 6 rings (SSSR count). The van der Waals surface area contributed by atoms with Gasteiger partial charge in [-0.1, -0.05) is 74.6 Å². The summed E-state index contributed by atoms with van der Waals surface area (Å²) in [5.74, 6) is 0. The SMILES string of the molecule is Br.c1ccc2cc(C3(c4cs/c(=N/C5CCCC5)n4C4CCCC4)CCC3)ccc2c1. The lowest BCUT2D eigenvalue weighted by molar-refractivity contribution is 0.274. The Kier molecular flexibility index (Phi) is 6.13. The molecule has 0 spiro atoms. The van der Waals surface area contributed by atoms with Crippen molar-refractivity contribution in [1.82, 2.24) is 4.57 Å². The second kappa shape index (κ2) is 8.86. The van der Waals surface area contributed by atoms with E-state index >= 15 is 0 Å². The van der Waals surface area contributed by atoms with E-state index in [1.165, 1.54) is 91.8 Å². The van der Waals surface area contributed by atoms with Crippen LogP contribution in [0.4, 0.5) is 0 Å². The topological polar surface area (TPSA) is 17.3 Å². The van der Waals surface area contributed by atoms with Crippen molar-refractivity contribution in [3.8, 4) is 0 Å². The van der Waals surface area contributed by atoms with E-state index < -0.39 is 0 Å². The number of thiazole rings is 1.